The van der Waals surface area contributed by atoms with E-state index in [0.29, 0.717) is 0 Å². The summed E-state index contributed by atoms with van der Waals surface area (Å²) >= 11 is 0. The van der Waals surface area contributed by atoms with Crippen molar-refractivity contribution in [1.82, 2.24) is 9.13 Å². The van der Waals surface area contributed by atoms with Gasteiger partial charge in [-0.25, -0.2) is 0 Å². The number of rotatable bonds is 4. The standard InChI is InChI=1S/C45H33N3/c1-2-46-39-23-11-6-18-33(39)36-29-28-32(30-44(36)46)47-42-26-14-9-21-37(42)45(31-16-4-3-5-17-31,38-22-10-15-27-43(38)47)48-40-24-12-7-19-34(40)35-20-8-13-25-41(35)48/h3-30H,2H2,1H3. The smallest absolute Gasteiger partial charge is 0.125 e. The molecule has 48 heavy (non-hydrogen) atoms. The topological polar surface area (TPSA) is 13.1 Å². The Morgan fingerprint density at radius 3 is 1.52 bits per heavy atom. The molecule has 3 nitrogen and oxygen atoms in total. The van der Waals surface area contributed by atoms with E-state index in [1.54, 1.807) is 0 Å². The van der Waals surface area contributed by atoms with Gasteiger partial charge in [-0.1, -0.05) is 127 Å². The van der Waals surface area contributed by atoms with Crippen molar-refractivity contribution in [3.8, 4) is 0 Å². The minimum atomic E-state index is -0.643. The zero-order valence-corrected chi connectivity index (χ0v) is 26.7. The fraction of sp³-hybridized carbons (Fsp3) is 0.0667. The van der Waals surface area contributed by atoms with Crippen LogP contribution in [0.2, 0.25) is 0 Å². The molecule has 0 unspecified atom stereocenters. The van der Waals surface area contributed by atoms with Crippen LogP contribution >= 0.6 is 0 Å². The fourth-order valence-corrected chi connectivity index (χ4v) is 8.66. The predicted molar refractivity (Wildman–Crippen MR) is 201 cm³/mol. The second-order valence-corrected chi connectivity index (χ2v) is 12.8. The molecule has 3 heteroatoms. The van der Waals surface area contributed by atoms with E-state index in [2.05, 4.69) is 191 Å². The molecule has 0 aliphatic carbocycles. The lowest BCUT2D eigenvalue weighted by Crippen LogP contribution is -2.42. The first-order valence-corrected chi connectivity index (χ1v) is 16.8. The highest BCUT2D eigenvalue weighted by molar-refractivity contribution is 6.10. The molecule has 10 rings (SSSR count). The lowest BCUT2D eigenvalue weighted by molar-refractivity contribution is 0.544. The molecule has 1 aliphatic rings. The fourth-order valence-electron chi connectivity index (χ4n) is 8.66. The summed E-state index contributed by atoms with van der Waals surface area (Å²) in [5, 5.41) is 5.12. The zero-order chi connectivity index (χ0) is 31.8. The first kappa shape index (κ1) is 27.1. The van der Waals surface area contributed by atoms with Crippen LogP contribution in [0.4, 0.5) is 17.1 Å². The van der Waals surface area contributed by atoms with Gasteiger partial charge in [0.05, 0.1) is 27.9 Å². The molecule has 0 saturated carbocycles. The molecule has 0 spiro atoms. The summed E-state index contributed by atoms with van der Waals surface area (Å²) in [6, 6.07) is 62.7. The van der Waals surface area contributed by atoms with Crippen molar-refractivity contribution in [2.75, 3.05) is 4.90 Å². The van der Waals surface area contributed by atoms with E-state index in [9.17, 15) is 0 Å². The molecular weight excluding hydrogens is 583 g/mol. The Bertz CT molecular complexity index is 2580. The van der Waals surface area contributed by atoms with Gasteiger partial charge in [0.2, 0.25) is 0 Å². The summed E-state index contributed by atoms with van der Waals surface area (Å²) in [6.07, 6.45) is 0. The minimum absolute atomic E-state index is 0.643. The van der Waals surface area contributed by atoms with Crippen molar-refractivity contribution in [3.05, 3.63) is 187 Å². The van der Waals surface area contributed by atoms with Crippen molar-refractivity contribution in [1.29, 1.82) is 0 Å². The van der Waals surface area contributed by atoms with Crippen molar-refractivity contribution in [2.45, 2.75) is 19.0 Å². The Morgan fingerprint density at radius 2 is 0.917 bits per heavy atom. The van der Waals surface area contributed by atoms with Crippen LogP contribution in [0.3, 0.4) is 0 Å². The molecule has 2 aromatic heterocycles. The molecule has 9 aromatic rings. The molecule has 0 N–H and O–H groups in total. The second kappa shape index (κ2) is 10.2. The molecule has 0 radical (unpaired) electrons. The number of anilines is 3. The van der Waals surface area contributed by atoms with Crippen LogP contribution in [0.25, 0.3) is 43.6 Å². The number of hydrogen-bond acceptors (Lipinski definition) is 1. The predicted octanol–water partition coefficient (Wildman–Crippen LogP) is 11.5. The van der Waals surface area contributed by atoms with Gasteiger partial charge in [-0.05, 0) is 55.0 Å². The number of benzene rings is 7. The number of hydrogen-bond donors (Lipinski definition) is 0. The first-order chi connectivity index (χ1) is 23.8. The van der Waals surface area contributed by atoms with Gasteiger partial charge in [0.25, 0.3) is 0 Å². The summed E-state index contributed by atoms with van der Waals surface area (Å²) in [6.45, 7) is 3.15. The SMILES string of the molecule is CCn1c2ccccc2c2ccc(N3c4ccccc4C(c4ccccc4)(n4c5ccccc5c5ccccc54)c4ccccc43)cc21. The van der Waals surface area contributed by atoms with Crippen LogP contribution in [0.15, 0.2) is 170 Å². The number of nitrogens with zero attached hydrogens (tertiary/aromatic N) is 3. The van der Waals surface area contributed by atoms with Crippen LogP contribution in [-0.4, -0.2) is 9.13 Å². The molecule has 3 heterocycles. The summed E-state index contributed by atoms with van der Waals surface area (Å²) < 4.78 is 5.06. The van der Waals surface area contributed by atoms with Crippen LogP contribution in [0, 0.1) is 0 Å². The molecule has 0 amide bonds. The average Bonchev–Trinajstić information content (AvgIpc) is 3.66. The highest BCUT2D eigenvalue weighted by Crippen LogP contribution is 2.57. The van der Waals surface area contributed by atoms with Gasteiger partial charge in [-0.2, -0.15) is 0 Å². The first-order valence-electron chi connectivity index (χ1n) is 16.8. The molecule has 7 aromatic carbocycles. The maximum atomic E-state index is 2.61. The van der Waals surface area contributed by atoms with E-state index in [1.165, 1.54) is 71.7 Å². The maximum absolute atomic E-state index is 2.61. The Kier molecular flexibility index (Phi) is 5.77. The summed E-state index contributed by atoms with van der Waals surface area (Å²) in [5.41, 5.74) is 11.6. The van der Waals surface area contributed by atoms with Gasteiger partial charge in [0.15, 0.2) is 0 Å². The highest BCUT2D eigenvalue weighted by atomic mass is 15.2. The van der Waals surface area contributed by atoms with E-state index in [4.69, 9.17) is 0 Å². The van der Waals surface area contributed by atoms with E-state index in [-0.39, 0.29) is 0 Å². The summed E-state index contributed by atoms with van der Waals surface area (Å²) in [7, 11) is 0. The Labute approximate surface area is 279 Å². The van der Waals surface area contributed by atoms with Crippen LogP contribution in [0.1, 0.15) is 23.6 Å². The quantitative estimate of drug-likeness (QED) is 0.192. The van der Waals surface area contributed by atoms with Crippen molar-refractivity contribution >= 4 is 60.7 Å². The molecule has 0 atom stereocenters. The molecule has 0 saturated heterocycles. The number of aromatic nitrogens is 2. The monoisotopic (exact) mass is 615 g/mol. The Balaban J connectivity index is 1.35. The maximum Gasteiger partial charge on any atom is 0.125 e. The molecule has 0 bridgehead atoms. The summed E-state index contributed by atoms with van der Waals surface area (Å²) in [5.74, 6) is 0. The number of para-hydroxylation sites is 5. The second-order valence-electron chi connectivity index (χ2n) is 12.8. The third-order valence-corrected chi connectivity index (χ3v) is 10.5. The lowest BCUT2D eigenvalue weighted by Gasteiger charge is -2.47. The Hall–Kier alpha value is -6.06. The third kappa shape index (κ3) is 3.48. The Morgan fingerprint density at radius 1 is 0.438 bits per heavy atom. The minimum Gasteiger partial charge on any atom is -0.341 e. The van der Waals surface area contributed by atoms with Crippen molar-refractivity contribution in [2.24, 2.45) is 0 Å². The van der Waals surface area contributed by atoms with Gasteiger partial charge in [-0.3, -0.25) is 0 Å². The van der Waals surface area contributed by atoms with Gasteiger partial charge < -0.3 is 14.0 Å². The zero-order valence-electron chi connectivity index (χ0n) is 26.7. The normalized spacial score (nSPS) is 13.7. The van der Waals surface area contributed by atoms with Crippen molar-refractivity contribution < 1.29 is 0 Å². The molecular formula is C45H33N3. The number of aryl methyl sites for hydroxylation is 1. The lowest BCUT2D eigenvalue weighted by atomic mass is 9.72. The average molecular weight is 616 g/mol. The highest BCUT2D eigenvalue weighted by Gasteiger charge is 2.47. The molecule has 1 aliphatic heterocycles. The van der Waals surface area contributed by atoms with Gasteiger partial charge >= 0.3 is 0 Å². The van der Waals surface area contributed by atoms with Crippen LogP contribution in [-0.2, 0) is 12.1 Å². The largest absolute Gasteiger partial charge is 0.341 e. The molecule has 0 fully saturated rings. The summed E-state index contributed by atoms with van der Waals surface area (Å²) in [4.78, 5) is 2.48. The van der Waals surface area contributed by atoms with E-state index < -0.39 is 5.54 Å². The van der Waals surface area contributed by atoms with Gasteiger partial charge in [-0.15, -0.1) is 0 Å². The van der Waals surface area contributed by atoms with E-state index >= 15 is 0 Å². The van der Waals surface area contributed by atoms with Crippen LogP contribution in [0.5, 0.6) is 0 Å². The van der Waals surface area contributed by atoms with E-state index in [1.807, 2.05) is 0 Å². The van der Waals surface area contributed by atoms with Crippen molar-refractivity contribution in [3.63, 3.8) is 0 Å². The van der Waals surface area contributed by atoms with E-state index in [0.717, 1.165) is 12.2 Å². The molecule has 228 valence electrons. The van der Waals surface area contributed by atoms with Gasteiger partial charge in [0, 0.05) is 50.4 Å². The third-order valence-electron chi connectivity index (χ3n) is 10.5. The number of fused-ring (bicyclic) bond motifs is 8. The van der Waals surface area contributed by atoms with Crippen LogP contribution < -0.4 is 4.90 Å². The van der Waals surface area contributed by atoms with Gasteiger partial charge in [0.1, 0.15) is 5.54 Å².